The van der Waals surface area contributed by atoms with Crippen molar-refractivity contribution in [3.63, 3.8) is 0 Å². The average Bonchev–Trinajstić information content (AvgIpc) is 2.47. The van der Waals surface area contributed by atoms with Crippen LogP contribution in [0.4, 0.5) is 0 Å². The first-order valence-corrected chi connectivity index (χ1v) is 6.58. The van der Waals surface area contributed by atoms with Gasteiger partial charge in [-0.15, -0.1) is 0 Å². The second-order valence-corrected chi connectivity index (χ2v) is 6.03. The topological polar surface area (TPSA) is 57.6 Å². The number of hydrogen-bond donors (Lipinski definition) is 1. The molecule has 0 aliphatic carbocycles. The Kier molecular flexibility index (Phi) is 3.70. The van der Waals surface area contributed by atoms with Crippen LogP contribution in [0.3, 0.4) is 0 Å². The third kappa shape index (κ3) is 4.06. The largest absolute Gasteiger partial charge is 0.396 e. The van der Waals surface area contributed by atoms with E-state index in [1.165, 1.54) is 6.26 Å². The number of aliphatic hydroxyl groups excluding tert-OH is 1. The van der Waals surface area contributed by atoms with Gasteiger partial charge in [0.15, 0.2) is 0 Å². The smallest absolute Gasteiger partial charge is 0.148 e. The molecule has 0 spiro atoms. The summed E-state index contributed by atoms with van der Waals surface area (Å²) in [6.45, 7) is 2.58. The number of sulfone groups is 1. The molecule has 13 heavy (non-hydrogen) atoms. The Balaban J connectivity index is 2.25. The average molecular weight is 207 g/mol. The van der Waals surface area contributed by atoms with E-state index in [-0.39, 0.29) is 12.4 Å². The third-order valence-electron chi connectivity index (χ3n) is 2.41. The number of likely N-dealkylation sites (tertiary alicyclic amines) is 1. The SMILES string of the molecule is CS(=O)(=O)CCN1CCC(CO)C1. The lowest BCUT2D eigenvalue weighted by molar-refractivity contribution is 0.224. The zero-order valence-corrected chi connectivity index (χ0v) is 8.76. The van der Waals surface area contributed by atoms with Gasteiger partial charge in [-0.25, -0.2) is 8.42 Å². The van der Waals surface area contributed by atoms with Gasteiger partial charge in [0.2, 0.25) is 0 Å². The first-order valence-electron chi connectivity index (χ1n) is 4.52. The second kappa shape index (κ2) is 4.39. The van der Waals surface area contributed by atoms with Gasteiger partial charge in [-0.1, -0.05) is 0 Å². The zero-order chi connectivity index (χ0) is 9.90. The molecule has 1 aliphatic rings. The molecule has 4 nitrogen and oxygen atoms in total. The van der Waals surface area contributed by atoms with Crippen molar-refractivity contribution < 1.29 is 13.5 Å². The predicted octanol–water partition coefficient (Wildman–Crippen LogP) is -0.655. The van der Waals surface area contributed by atoms with Gasteiger partial charge in [-0.3, -0.25) is 0 Å². The van der Waals surface area contributed by atoms with Crippen molar-refractivity contribution in [3.05, 3.63) is 0 Å². The molecule has 78 valence electrons. The molecule has 0 aromatic rings. The van der Waals surface area contributed by atoms with E-state index in [0.717, 1.165) is 19.5 Å². The lowest BCUT2D eigenvalue weighted by Crippen LogP contribution is -2.27. The van der Waals surface area contributed by atoms with E-state index < -0.39 is 9.84 Å². The van der Waals surface area contributed by atoms with E-state index in [9.17, 15) is 8.42 Å². The number of rotatable bonds is 4. The minimum Gasteiger partial charge on any atom is -0.396 e. The molecular formula is C8H17NO3S. The highest BCUT2D eigenvalue weighted by Gasteiger charge is 2.21. The fourth-order valence-electron chi connectivity index (χ4n) is 1.56. The van der Waals surface area contributed by atoms with Crippen molar-refractivity contribution in [1.29, 1.82) is 0 Å². The summed E-state index contributed by atoms with van der Waals surface area (Å²) in [4.78, 5) is 2.10. The fourth-order valence-corrected chi connectivity index (χ4v) is 2.15. The Morgan fingerprint density at radius 2 is 2.23 bits per heavy atom. The summed E-state index contributed by atoms with van der Waals surface area (Å²) in [6.07, 6.45) is 2.24. The molecule has 1 atom stereocenters. The summed E-state index contributed by atoms with van der Waals surface area (Å²) >= 11 is 0. The van der Waals surface area contributed by atoms with Crippen LogP contribution in [0.15, 0.2) is 0 Å². The molecule has 1 aliphatic heterocycles. The quantitative estimate of drug-likeness (QED) is 0.665. The van der Waals surface area contributed by atoms with Crippen molar-refractivity contribution in [2.24, 2.45) is 5.92 Å². The van der Waals surface area contributed by atoms with Crippen LogP contribution in [0.2, 0.25) is 0 Å². The Bertz CT molecular complexity index is 250. The minimum atomic E-state index is -2.84. The van der Waals surface area contributed by atoms with Crippen LogP contribution in [0.25, 0.3) is 0 Å². The summed E-state index contributed by atoms with van der Waals surface area (Å²) in [7, 11) is -2.84. The van der Waals surface area contributed by atoms with Crippen LogP contribution in [0, 0.1) is 5.92 Å². The van der Waals surface area contributed by atoms with E-state index in [4.69, 9.17) is 5.11 Å². The molecule has 1 heterocycles. The van der Waals surface area contributed by atoms with Crippen LogP contribution < -0.4 is 0 Å². The van der Waals surface area contributed by atoms with Crippen LogP contribution >= 0.6 is 0 Å². The molecule has 0 bridgehead atoms. The van der Waals surface area contributed by atoms with Gasteiger partial charge >= 0.3 is 0 Å². The first kappa shape index (κ1) is 10.9. The molecule has 1 fully saturated rings. The maximum atomic E-state index is 10.9. The second-order valence-electron chi connectivity index (χ2n) is 3.77. The molecule has 1 saturated heterocycles. The fraction of sp³-hybridized carbons (Fsp3) is 1.00. The number of aliphatic hydroxyl groups is 1. The van der Waals surface area contributed by atoms with Crippen LogP contribution in [0.5, 0.6) is 0 Å². The minimum absolute atomic E-state index is 0.218. The van der Waals surface area contributed by atoms with Gasteiger partial charge in [0.1, 0.15) is 9.84 Å². The van der Waals surface area contributed by atoms with Crippen molar-refractivity contribution in [1.82, 2.24) is 4.90 Å². The Morgan fingerprint density at radius 1 is 1.54 bits per heavy atom. The van der Waals surface area contributed by atoms with E-state index in [2.05, 4.69) is 4.90 Å². The summed E-state index contributed by atoms with van der Waals surface area (Å²) in [5.41, 5.74) is 0. The lowest BCUT2D eigenvalue weighted by Gasteiger charge is -2.14. The molecule has 5 heteroatoms. The van der Waals surface area contributed by atoms with E-state index in [1.807, 2.05) is 0 Å². The molecule has 0 saturated carbocycles. The molecule has 1 N–H and O–H groups in total. The van der Waals surface area contributed by atoms with E-state index in [1.54, 1.807) is 0 Å². The maximum Gasteiger partial charge on any atom is 0.148 e. The van der Waals surface area contributed by atoms with Crippen molar-refractivity contribution in [2.75, 3.05) is 38.2 Å². The Morgan fingerprint density at radius 3 is 2.69 bits per heavy atom. The summed E-state index contributed by atoms with van der Waals surface area (Å²) in [5.74, 6) is 0.574. The first-order chi connectivity index (χ1) is 6.01. The Hall–Kier alpha value is -0.130. The number of hydrogen-bond acceptors (Lipinski definition) is 4. The molecule has 0 aromatic heterocycles. The monoisotopic (exact) mass is 207 g/mol. The highest BCUT2D eigenvalue weighted by atomic mass is 32.2. The van der Waals surface area contributed by atoms with Gasteiger partial charge in [-0.05, 0) is 18.9 Å². The molecule has 1 rings (SSSR count). The van der Waals surface area contributed by atoms with Gasteiger partial charge < -0.3 is 10.0 Å². The normalized spacial score (nSPS) is 25.2. The van der Waals surface area contributed by atoms with Gasteiger partial charge in [0, 0.05) is 26.0 Å². The third-order valence-corrected chi connectivity index (χ3v) is 3.33. The van der Waals surface area contributed by atoms with Gasteiger partial charge in [-0.2, -0.15) is 0 Å². The lowest BCUT2D eigenvalue weighted by atomic mass is 10.1. The molecule has 0 radical (unpaired) electrons. The van der Waals surface area contributed by atoms with Gasteiger partial charge in [0.05, 0.1) is 5.75 Å². The number of nitrogens with zero attached hydrogens (tertiary/aromatic N) is 1. The van der Waals surface area contributed by atoms with Crippen LogP contribution in [-0.2, 0) is 9.84 Å². The predicted molar refractivity (Wildman–Crippen MR) is 51.3 cm³/mol. The maximum absolute atomic E-state index is 10.9. The molecule has 0 amide bonds. The highest BCUT2D eigenvalue weighted by Crippen LogP contribution is 2.14. The standard InChI is InChI=1S/C8H17NO3S/c1-13(11,12)5-4-9-3-2-8(6-9)7-10/h8,10H,2-7H2,1H3. The molecule has 1 unspecified atom stereocenters. The van der Waals surface area contributed by atoms with Gasteiger partial charge in [0.25, 0.3) is 0 Å². The van der Waals surface area contributed by atoms with E-state index >= 15 is 0 Å². The van der Waals surface area contributed by atoms with Crippen molar-refractivity contribution >= 4 is 9.84 Å². The molecular weight excluding hydrogens is 190 g/mol. The summed E-state index contributed by atoms with van der Waals surface area (Å²) in [5, 5.41) is 8.87. The summed E-state index contributed by atoms with van der Waals surface area (Å²) < 4.78 is 21.7. The van der Waals surface area contributed by atoms with Crippen LogP contribution in [-0.4, -0.2) is 56.7 Å². The molecule has 0 aromatic carbocycles. The van der Waals surface area contributed by atoms with E-state index in [0.29, 0.717) is 12.5 Å². The summed E-state index contributed by atoms with van der Waals surface area (Å²) in [6, 6.07) is 0. The highest BCUT2D eigenvalue weighted by molar-refractivity contribution is 7.90. The van der Waals surface area contributed by atoms with Crippen molar-refractivity contribution in [3.8, 4) is 0 Å². The zero-order valence-electron chi connectivity index (χ0n) is 7.94. The Labute approximate surface area is 79.5 Å². The van der Waals surface area contributed by atoms with Crippen molar-refractivity contribution in [2.45, 2.75) is 6.42 Å². The van der Waals surface area contributed by atoms with Crippen LogP contribution in [0.1, 0.15) is 6.42 Å².